The molecule has 0 saturated heterocycles. The third-order valence-corrected chi connectivity index (χ3v) is 10.4. The SMILES string of the molecule is C[C@]12CC[C@@H]3c4ccc(OS(C)(=O)=O)cc4CC[C@H]3[C@@H]1CC[C@]2(C)C1CCCC1. The summed E-state index contributed by atoms with van der Waals surface area (Å²) in [7, 11) is -3.47. The van der Waals surface area contributed by atoms with Gasteiger partial charge in [0.15, 0.2) is 0 Å². The van der Waals surface area contributed by atoms with Crippen molar-refractivity contribution in [3.05, 3.63) is 29.3 Å². The summed E-state index contributed by atoms with van der Waals surface area (Å²) in [6.07, 6.45) is 14.7. The molecule has 5 rings (SSSR count). The van der Waals surface area contributed by atoms with Gasteiger partial charge < -0.3 is 4.18 Å². The Balaban J connectivity index is 1.42. The lowest BCUT2D eigenvalue weighted by Crippen LogP contribution is -2.48. The van der Waals surface area contributed by atoms with Gasteiger partial charge in [0.25, 0.3) is 0 Å². The molecule has 3 fully saturated rings. The molecule has 29 heavy (non-hydrogen) atoms. The third-order valence-electron chi connectivity index (χ3n) is 9.87. The molecule has 3 nitrogen and oxygen atoms in total. The molecule has 0 aromatic heterocycles. The van der Waals surface area contributed by atoms with Crippen LogP contribution >= 0.6 is 0 Å². The predicted molar refractivity (Wildman–Crippen MR) is 117 cm³/mol. The van der Waals surface area contributed by atoms with Crippen LogP contribution in [0.25, 0.3) is 0 Å². The average Bonchev–Trinajstić information content (AvgIpc) is 3.28. The Hall–Kier alpha value is -1.03. The second-order valence-corrected chi connectivity index (χ2v) is 12.5. The zero-order chi connectivity index (χ0) is 20.4. The molecule has 0 unspecified atom stereocenters. The lowest BCUT2D eigenvalue weighted by molar-refractivity contribution is -0.0485. The quantitative estimate of drug-likeness (QED) is 0.561. The minimum absolute atomic E-state index is 0.472. The van der Waals surface area contributed by atoms with Crippen LogP contribution in [-0.2, 0) is 16.5 Å². The van der Waals surface area contributed by atoms with Crippen molar-refractivity contribution < 1.29 is 12.6 Å². The minimum Gasteiger partial charge on any atom is -0.383 e. The van der Waals surface area contributed by atoms with Gasteiger partial charge >= 0.3 is 10.1 Å². The van der Waals surface area contributed by atoms with E-state index in [9.17, 15) is 8.42 Å². The summed E-state index contributed by atoms with van der Waals surface area (Å²) in [4.78, 5) is 0. The van der Waals surface area contributed by atoms with Crippen LogP contribution in [0.2, 0.25) is 0 Å². The van der Waals surface area contributed by atoms with Gasteiger partial charge in [0, 0.05) is 0 Å². The van der Waals surface area contributed by atoms with E-state index in [1.54, 1.807) is 0 Å². The zero-order valence-electron chi connectivity index (χ0n) is 18.2. The Kier molecular flexibility index (Phi) is 4.62. The first-order valence-corrected chi connectivity index (χ1v) is 13.6. The van der Waals surface area contributed by atoms with Crippen molar-refractivity contribution in [2.75, 3.05) is 6.26 Å². The first-order chi connectivity index (χ1) is 13.7. The van der Waals surface area contributed by atoms with E-state index in [4.69, 9.17) is 4.18 Å². The average molecular weight is 417 g/mol. The van der Waals surface area contributed by atoms with Crippen molar-refractivity contribution in [2.45, 2.75) is 84.0 Å². The second kappa shape index (κ2) is 6.73. The van der Waals surface area contributed by atoms with Crippen molar-refractivity contribution in [3.8, 4) is 5.75 Å². The molecule has 0 bridgehead atoms. The maximum absolute atomic E-state index is 11.5. The largest absolute Gasteiger partial charge is 0.383 e. The minimum atomic E-state index is -3.47. The third kappa shape index (κ3) is 3.07. The summed E-state index contributed by atoms with van der Waals surface area (Å²) in [5.41, 5.74) is 3.82. The van der Waals surface area contributed by atoms with Crippen molar-refractivity contribution in [2.24, 2.45) is 28.6 Å². The monoisotopic (exact) mass is 416 g/mol. The van der Waals surface area contributed by atoms with Crippen LogP contribution in [0.15, 0.2) is 18.2 Å². The normalized spacial score (nSPS) is 39.6. The van der Waals surface area contributed by atoms with E-state index < -0.39 is 10.1 Å². The molecule has 0 N–H and O–H groups in total. The molecule has 4 heteroatoms. The highest BCUT2D eigenvalue weighted by Gasteiger charge is 2.61. The smallest absolute Gasteiger partial charge is 0.306 e. The number of hydrogen-bond donors (Lipinski definition) is 0. The molecular formula is C25H36O3S. The van der Waals surface area contributed by atoms with Crippen LogP contribution in [0, 0.1) is 28.6 Å². The highest BCUT2D eigenvalue weighted by molar-refractivity contribution is 7.86. The Morgan fingerprint density at radius 2 is 1.69 bits per heavy atom. The lowest BCUT2D eigenvalue weighted by Gasteiger charge is -2.56. The second-order valence-electron chi connectivity index (χ2n) is 11.0. The number of hydrogen-bond acceptors (Lipinski definition) is 3. The van der Waals surface area contributed by atoms with Gasteiger partial charge in [-0.25, -0.2) is 0 Å². The van der Waals surface area contributed by atoms with Crippen LogP contribution in [0.3, 0.4) is 0 Å². The van der Waals surface area contributed by atoms with Crippen LogP contribution in [0.4, 0.5) is 0 Å². The van der Waals surface area contributed by atoms with Crippen LogP contribution in [0.5, 0.6) is 5.75 Å². The number of fused-ring (bicyclic) bond motifs is 5. The molecule has 4 aliphatic carbocycles. The highest BCUT2D eigenvalue weighted by Crippen LogP contribution is 2.70. The zero-order valence-corrected chi connectivity index (χ0v) is 19.1. The van der Waals surface area contributed by atoms with E-state index in [1.165, 1.54) is 68.9 Å². The fourth-order valence-electron chi connectivity index (χ4n) is 8.32. The molecular weight excluding hydrogens is 380 g/mol. The predicted octanol–water partition coefficient (Wildman–Crippen LogP) is 6.08. The fourth-order valence-corrected chi connectivity index (χ4v) is 8.77. The number of benzene rings is 1. The van der Waals surface area contributed by atoms with E-state index in [2.05, 4.69) is 19.9 Å². The molecule has 0 amide bonds. The highest BCUT2D eigenvalue weighted by atomic mass is 32.2. The van der Waals surface area contributed by atoms with E-state index in [0.29, 0.717) is 22.5 Å². The van der Waals surface area contributed by atoms with E-state index >= 15 is 0 Å². The van der Waals surface area contributed by atoms with Crippen LogP contribution in [0.1, 0.15) is 88.7 Å². The first-order valence-electron chi connectivity index (χ1n) is 11.7. The van der Waals surface area contributed by atoms with E-state index in [1.807, 2.05) is 12.1 Å². The van der Waals surface area contributed by atoms with Crippen molar-refractivity contribution in [1.29, 1.82) is 0 Å². The molecule has 0 spiro atoms. The van der Waals surface area contributed by atoms with Gasteiger partial charge in [0.05, 0.1) is 6.26 Å². The van der Waals surface area contributed by atoms with Crippen molar-refractivity contribution in [1.82, 2.24) is 0 Å². The molecule has 160 valence electrons. The Bertz CT molecular complexity index is 901. The van der Waals surface area contributed by atoms with Crippen LogP contribution in [-0.4, -0.2) is 14.7 Å². The molecule has 0 heterocycles. The molecule has 0 aliphatic heterocycles. The Morgan fingerprint density at radius 3 is 2.41 bits per heavy atom. The number of aryl methyl sites for hydroxylation is 1. The van der Waals surface area contributed by atoms with Gasteiger partial charge in [-0.15, -0.1) is 0 Å². The molecule has 4 aliphatic rings. The molecule has 3 saturated carbocycles. The molecule has 0 radical (unpaired) electrons. The van der Waals surface area contributed by atoms with Crippen molar-refractivity contribution in [3.63, 3.8) is 0 Å². The summed E-state index contributed by atoms with van der Waals surface area (Å²) >= 11 is 0. The lowest BCUT2D eigenvalue weighted by atomic mass is 9.49. The van der Waals surface area contributed by atoms with Crippen LogP contribution < -0.4 is 4.18 Å². The molecule has 1 aromatic rings. The Morgan fingerprint density at radius 1 is 0.966 bits per heavy atom. The standard InChI is InChI=1S/C25H36O3S/c1-24(18-6-4-5-7-18)15-13-23-22-10-8-17-16-19(28-29(3,26)27)9-11-20(17)21(22)12-14-25(23,24)2/h9,11,16,18,21-23H,4-8,10,12-15H2,1-3H3/t21-,22-,23+,24-,25+/m1/s1. The maximum Gasteiger partial charge on any atom is 0.306 e. The summed E-state index contributed by atoms with van der Waals surface area (Å²) in [5.74, 6) is 3.72. The van der Waals surface area contributed by atoms with Crippen molar-refractivity contribution >= 4 is 10.1 Å². The molecule has 1 aromatic carbocycles. The van der Waals surface area contributed by atoms with Gasteiger partial charge in [-0.1, -0.05) is 32.8 Å². The number of rotatable bonds is 3. The van der Waals surface area contributed by atoms with Gasteiger partial charge in [0.2, 0.25) is 0 Å². The summed E-state index contributed by atoms with van der Waals surface area (Å²) < 4.78 is 28.2. The van der Waals surface area contributed by atoms with Gasteiger partial charge in [-0.2, -0.15) is 8.42 Å². The topological polar surface area (TPSA) is 43.4 Å². The van der Waals surface area contributed by atoms with Gasteiger partial charge in [0.1, 0.15) is 5.75 Å². The molecule has 5 atom stereocenters. The summed E-state index contributed by atoms with van der Waals surface area (Å²) in [6, 6.07) is 6.02. The summed E-state index contributed by atoms with van der Waals surface area (Å²) in [5, 5.41) is 0. The Labute approximate surface area is 176 Å². The maximum atomic E-state index is 11.5. The fraction of sp³-hybridized carbons (Fsp3) is 0.760. The van der Waals surface area contributed by atoms with Gasteiger partial charge in [-0.3, -0.25) is 0 Å². The van der Waals surface area contributed by atoms with E-state index in [0.717, 1.165) is 30.4 Å². The summed E-state index contributed by atoms with van der Waals surface area (Å²) in [6.45, 7) is 5.30. The first kappa shape index (κ1) is 19.9. The van der Waals surface area contributed by atoms with E-state index in [-0.39, 0.29) is 0 Å². The van der Waals surface area contributed by atoms with Gasteiger partial charge in [-0.05, 0) is 109 Å².